The Kier molecular flexibility index (Phi) is 6.24. The van der Waals surface area contributed by atoms with Gasteiger partial charge >= 0.3 is 0 Å². The van der Waals surface area contributed by atoms with Crippen molar-refractivity contribution in [3.05, 3.63) is 65.2 Å². The Morgan fingerprint density at radius 2 is 1.74 bits per heavy atom. The van der Waals surface area contributed by atoms with Gasteiger partial charge in [-0.05, 0) is 69.6 Å². The van der Waals surface area contributed by atoms with Gasteiger partial charge in [0.05, 0.1) is 11.3 Å². The highest BCUT2D eigenvalue weighted by molar-refractivity contribution is 6.09. The highest BCUT2D eigenvalue weighted by Gasteiger charge is 2.16. The molecule has 142 valence electrons. The smallest absolute Gasteiger partial charge is 0.255 e. The van der Waals surface area contributed by atoms with Crippen LogP contribution < -0.4 is 10.6 Å². The lowest BCUT2D eigenvalue weighted by Gasteiger charge is -2.16. The van der Waals surface area contributed by atoms with E-state index >= 15 is 0 Å². The van der Waals surface area contributed by atoms with Gasteiger partial charge in [0.1, 0.15) is 0 Å². The summed E-state index contributed by atoms with van der Waals surface area (Å²) in [5.41, 5.74) is 2.72. The summed E-state index contributed by atoms with van der Waals surface area (Å²) < 4.78 is 0. The van der Waals surface area contributed by atoms with Crippen LogP contribution >= 0.6 is 0 Å². The van der Waals surface area contributed by atoms with Crippen molar-refractivity contribution < 1.29 is 9.59 Å². The number of carbonyl (C=O) groups excluding carboxylic acids is 2. The molecular weight excluding hydrogens is 338 g/mol. The van der Waals surface area contributed by atoms with E-state index in [9.17, 15) is 9.59 Å². The van der Waals surface area contributed by atoms with Crippen LogP contribution in [0.5, 0.6) is 0 Å². The maximum atomic E-state index is 12.7. The maximum absolute atomic E-state index is 12.7. The molecule has 5 nitrogen and oxygen atoms in total. The summed E-state index contributed by atoms with van der Waals surface area (Å²) in [6.45, 7) is 6.92. The number of carbonyl (C=O) groups is 2. The molecule has 5 heteroatoms. The molecule has 27 heavy (non-hydrogen) atoms. The first-order valence-corrected chi connectivity index (χ1v) is 9.55. The average Bonchev–Trinajstić information content (AvgIpc) is 3.15. The van der Waals surface area contributed by atoms with Crippen molar-refractivity contribution >= 4 is 17.5 Å². The standard InChI is InChI=1S/C22H27N3O2/c1-16(2)23-22(27)19-10-3-4-11-20(19)24-21(26)18-9-7-8-17(14-18)15-25-12-5-6-13-25/h3-4,7-11,14,16H,5-6,12-13,15H2,1-2H3,(H,23,27)(H,24,26). The number of hydrogen-bond acceptors (Lipinski definition) is 3. The van der Waals surface area contributed by atoms with E-state index in [1.54, 1.807) is 24.3 Å². The lowest BCUT2D eigenvalue weighted by molar-refractivity contribution is 0.0944. The zero-order valence-electron chi connectivity index (χ0n) is 16.0. The van der Waals surface area contributed by atoms with E-state index in [0.29, 0.717) is 16.8 Å². The monoisotopic (exact) mass is 365 g/mol. The summed E-state index contributed by atoms with van der Waals surface area (Å²) in [5, 5.41) is 5.75. The number of para-hydroxylation sites is 1. The van der Waals surface area contributed by atoms with E-state index in [4.69, 9.17) is 0 Å². The first-order valence-electron chi connectivity index (χ1n) is 9.55. The normalized spacial score (nSPS) is 14.3. The fourth-order valence-corrected chi connectivity index (χ4v) is 3.33. The van der Waals surface area contributed by atoms with Crippen molar-refractivity contribution in [3.63, 3.8) is 0 Å². The molecule has 2 N–H and O–H groups in total. The molecule has 0 radical (unpaired) electrons. The first-order chi connectivity index (χ1) is 13.0. The van der Waals surface area contributed by atoms with Gasteiger partial charge < -0.3 is 10.6 Å². The quantitative estimate of drug-likeness (QED) is 0.821. The van der Waals surface area contributed by atoms with Gasteiger partial charge in [0.2, 0.25) is 0 Å². The Balaban J connectivity index is 1.73. The van der Waals surface area contributed by atoms with Crippen LogP contribution in [0.2, 0.25) is 0 Å². The molecule has 0 bridgehead atoms. The molecule has 0 aliphatic carbocycles. The largest absolute Gasteiger partial charge is 0.350 e. The number of amides is 2. The van der Waals surface area contributed by atoms with Crippen molar-refractivity contribution in [1.82, 2.24) is 10.2 Å². The second kappa shape index (κ2) is 8.82. The Bertz CT molecular complexity index is 811. The number of nitrogens with one attached hydrogen (secondary N) is 2. The average molecular weight is 365 g/mol. The van der Waals surface area contributed by atoms with Crippen molar-refractivity contribution in [2.45, 2.75) is 39.3 Å². The number of anilines is 1. The molecule has 2 aromatic rings. The molecule has 0 spiro atoms. The van der Waals surface area contributed by atoms with Crippen LogP contribution in [0, 0.1) is 0 Å². The molecule has 0 saturated carbocycles. The van der Waals surface area contributed by atoms with Crippen LogP contribution in [-0.4, -0.2) is 35.8 Å². The van der Waals surface area contributed by atoms with Gasteiger partial charge in [0.25, 0.3) is 11.8 Å². The van der Waals surface area contributed by atoms with Crippen LogP contribution in [0.4, 0.5) is 5.69 Å². The Morgan fingerprint density at radius 3 is 2.48 bits per heavy atom. The summed E-state index contributed by atoms with van der Waals surface area (Å²) in [7, 11) is 0. The Hall–Kier alpha value is -2.66. The topological polar surface area (TPSA) is 61.4 Å². The third-order valence-electron chi connectivity index (χ3n) is 4.63. The second-order valence-electron chi connectivity index (χ2n) is 7.31. The van der Waals surface area contributed by atoms with Crippen LogP contribution in [0.15, 0.2) is 48.5 Å². The van der Waals surface area contributed by atoms with Gasteiger partial charge in [0, 0.05) is 18.2 Å². The fourth-order valence-electron chi connectivity index (χ4n) is 3.33. The fraction of sp³-hybridized carbons (Fsp3) is 0.364. The number of likely N-dealkylation sites (tertiary alicyclic amines) is 1. The summed E-state index contributed by atoms with van der Waals surface area (Å²) in [4.78, 5) is 27.5. The van der Waals surface area contributed by atoms with Gasteiger partial charge in [-0.1, -0.05) is 24.3 Å². The highest BCUT2D eigenvalue weighted by Crippen LogP contribution is 2.18. The van der Waals surface area contributed by atoms with Gasteiger partial charge in [-0.2, -0.15) is 0 Å². The molecule has 1 saturated heterocycles. The molecule has 1 fully saturated rings. The van der Waals surface area contributed by atoms with Crippen molar-refractivity contribution in [3.8, 4) is 0 Å². The summed E-state index contributed by atoms with van der Waals surface area (Å²) >= 11 is 0. The van der Waals surface area contributed by atoms with Crippen molar-refractivity contribution in [1.29, 1.82) is 0 Å². The molecule has 1 heterocycles. The van der Waals surface area contributed by atoms with E-state index in [0.717, 1.165) is 25.2 Å². The van der Waals surface area contributed by atoms with Gasteiger partial charge in [-0.15, -0.1) is 0 Å². The summed E-state index contributed by atoms with van der Waals surface area (Å²) in [6, 6.07) is 14.8. The van der Waals surface area contributed by atoms with Crippen molar-refractivity contribution in [2.24, 2.45) is 0 Å². The minimum Gasteiger partial charge on any atom is -0.350 e. The van der Waals surface area contributed by atoms with Crippen molar-refractivity contribution in [2.75, 3.05) is 18.4 Å². The lowest BCUT2D eigenvalue weighted by Crippen LogP contribution is -2.31. The maximum Gasteiger partial charge on any atom is 0.255 e. The number of benzene rings is 2. The first kappa shape index (κ1) is 19.1. The molecular formula is C22H27N3O2. The minimum absolute atomic E-state index is 0.0310. The Labute approximate surface area is 160 Å². The molecule has 0 aromatic heterocycles. The Morgan fingerprint density at radius 1 is 1.00 bits per heavy atom. The van der Waals surface area contributed by atoms with E-state index in [-0.39, 0.29) is 17.9 Å². The van der Waals surface area contributed by atoms with E-state index in [1.165, 1.54) is 12.8 Å². The van der Waals surface area contributed by atoms with Gasteiger partial charge in [-0.3, -0.25) is 14.5 Å². The van der Waals surface area contributed by atoms with Gasteiger partial charge in [-0.25, -0.2) is 0 Å². The second-order valence-corrected chi connectivity index (χ2v) is 7.31. The molecule has 3 rings (SSSR count). The predicted molar refractivity (Wildman–Crippen MR) is 108 cm³/mol. The zero-order valence-corrected chi connectivity index (χ0v) is 16.0. The van der Waals surface area contributed by atoms with Crippen LogP contribution in [0.3, 0.4) is 0 Å². The van der Waals surface area contributed by atoms with E-state index in [1.807, 2.05) is 32.0 Å². The minimum atomic E-state index is -0.205. The number of hydrogen-bond donors (Lipinski definition) is 2. The summed E-state index contributed by atoms with van der Waals surface area (Å²) in [5.74, 6) is -0.397. The number of nitrogens with zero attached hydrogens (tertiary/aromatic N) is 1. The lowest BCUT2D eigenvalue weighted by atomic mass is 10.1. The van der Waals surface area contributed by atoms with Crippen LogP contribution in [0.1, 0.15) is 53.0 Å². The van der Waals surface area contributed by atoms with E-state index in [2.05, 4.69) is 21.6 Å². The molecule has 1 aliphatic rings. The zero-order chi connectivity index (χ0) is 19.2. The van der Waals surface area contributed by atoms with Gasteiger partial charge in [0.15, 0.2) is 0 Å². The molecule has 2 aromatic carbocycles. The summed E-state index contributed by atoms with van der Waals surface area (Å²) in [6.07, 6.45) is 2.49. The molecule has 1 aliphatic heterocycles. The molecule has 2 amide bonds. The SMILES string of the molecule is CC(C)NC(=O)c1ccccc1NC(=O)c1cccc(CN2CCCC2)c1. The van der Waals surface area contributed by atoms with Crippen LogP contribution in [0.25, 0.3) is 0 Å². The van der Waals surface area contributed by atoms with E-state index < -0.39 is 0 Å². The number of rotatable bonds is 6. The molecule has 0 atom stereocenters. The highest BCUT2D eigenvalue weighted by atomic mass is 16.2. The van der Waals surface area contributed by atoms with Crippen LogP contribution in [-0.2, 0) is 6.54 Å². The third-order valence-corrected chi connectivity index (χ3v) is 4.63. The molecule has 0 unspecified atom stereocenters. The predicted octanol–water partition coefficient (Wildman–Crippen LogP) is 3.67. The third kappa shape index (κ3) is 5.17.